The summed E-state index contributed by atoms with van der Waals surface area (Å²) >= 11 is 1.58. The smallest absolute Gasteiger partial charge is 0.0960 e. The maximum atomic E-state index is 10.4. The maximum absolute atomic E-state index is 10.4. The summed E-state index contributed by atoms with van der Waals surface area (Å²) in [6.45, 7) is 3.75. The second kappa shape index (κ2) is 4.31. The number of aliphatic hydroxyl groups is 1. The normalized spacial score (nSPS) is 14.7. The molecule has 2 aromatic heterocycles. The van der Waals surface area contributed by atoms with Gasteiger partial charge in [-0.3, -0.25) is 4.98 Å². The van der Waals surface area contributed by atoms with E-state index in [9.17, 15) is 5.11 Å². The molecule has 16 heavy (non-hydrogen) atoms. The third-order valence-electron chi connectivity index (χ3n) is 2.45. The number of thiazole rings is 1. The first-order chi connectivity index (χ1) is 7.58. The van der Waals surface area contributed by atoms with Gasteiger partial charge in [0.1, 0.15) is 0 Å². The monoisotopic (exact) mass is 234 g/mol. The predicted octanol–water partition coefficient (Wildman–Crippen LogP) is 2.30. The van der Waals surface area contributed by atoms with Gasteiger partial charge in [0.2, 0.25) is 0 Å². The number of hydrogen-bond acceptors (Lipinski definition) is 4. The third-order valence-corrected chi connectivity index (χ3v) is 3.41. The molecular weight excluding hydrogens is 220 g/mol. The van der Waals surface area contributed by atoms with Crippen LogP contribution in [0.3, 0.4) is 0 Å². The minimum Gasteiger partial charge on any atom is -0.385 e. The predicted molar refractivity (Wildman–Crippen MR) is 64.4 cm³/mol. The summed E-state index contributed by atoms with van der Waals surface area (Å²) in [4.78, 5) is 8.38. The molecular formula is C12H14N2OS. The first-order valence-corrected chi connectivity index (χ1v) is 6.00. The van der Waals surface area contributed by atoms with Crippen LogP contribution in [-0.4, -0.2) is 15.1 Å². The minimum atomic E-state index is -0.904. The lowest BCUT2D eigenvalue weighted by Gasteiger charge is -2.22. The number of nitrogens with zero attached hydrogens (tertiary/aromatic N) is 2. The Kier molecular flexibility index (Phi) is 3.03. The SMILES string of the molecule is Cc1csc(CC(C)(O)c2cccnc2)n1. The van der Waals surface area contributed by atoms with Crippen molar-refractivity contribution in [3.8, 4) is 0 Å². The molecule has 84 valence electrons. The fraction of sp³-hybridized carbons (Fsp3) is 0.333. The van der Waals surface area contributed by atoms with E-state index in [4.69, 9.17) is 0 Å². The molecule has 0 aliphatic carbocycles. The van der Waals surface area contributed by atoms with Gasteiger partial charge in [-0.2, -0.15) is 0 Å². The van der Waals surface area contributed by atoms with Crippen LogP contribution in [0.2, 0.25) is 0 Å². The molecule has 0 aliphatic heterocycles. The van der Waals surface area contributed by atoms with E-state index in [-0.39, 0.29) is 0 Å². The molecule has 2 heterocycles. The van der Waals surface area contributed by atoms with Crippen LogP contribution in [-0.2, 0) is 12.0 Å². The van der Waals surface area contributed by atoms with Crippen molar-refractivity contribution in [1.29, 1.82) is 0 Å². The number of pyridine rings is 1. The Balaban J connectivity index is 2.20. The lowest BCUT2D eigenvalue weighted by Crippen LogP contribution is -2.24. The van der Waals surface area contributed by atoms with Crippen LogP contribution in [0.4, 0.5) is 0 Å². The van der Waals surface area contributed by atoms with Crippen LogP contribution in [0, 0.1) is 6.92 Å². The van der Waals surface area contributed by atoms with E-state index in [0.717, 1.165) is 16.3 Å². The van der Waals surface area contributed by atoms with Crippen molar-refractivity contribution in [3.05, 3.63) is 46.2 Å². The van der Waals surface area contributed by atoms with Crippen molar-refractivity contribution in [2.75, 3.05) is 0 Å². The van der Waals surface area contributed by atoms with Crippen molar-refractivity contribution in [1.82, 2.24) is 9.97 Å². The summed E-state index contributed by atoms with van der Waals surface area (Å²) in [5, 5.41) is 13.3. The highest BCUT2D eigenvalue weighted by atomic mass is 32.1. The fourth-order valence-electron chi connectivity index (χ4n) is 1.56. The Bertz CT molecular complexity index is 465. The molecule has 0 fully saturated rings. The second-order valence-corrected chi connectivity index (χ2v) is 5.02. The Morgan fingerprint density at radius 2 is 2.31 bits per heavy atom. The van der Waals surface area contributed by atoms with Gasteiger partial charge in [0.15, 0.2) is 0 Å². The van der Waals surface area contributed by atoms with Crippen LogP contribution in [0.1, 0.15) is 23.2 Å². The molecule has 2 aromatic rings. The highest BCUT2D eigenvalue weighted by Crippen LogP contribution is 2.25. The molecule has 0 saturated carbocycles. The minimum absolute atomic E-state index is 0.525. The van der Waals surface area contributed by atoms with Crippen molar-refractivity contribution in [2.45, 2.75) is 25.9 Å². The van der Waals surface area contributed by atoms with Crippen molar-refractivity contribution in [3.63, 3.8) is 0 Å². The Morgan fingerprint density at radius 3 is 2.88 bits per heavy atom. The van der Waals surface area contributed by atoms with Crippen molar-refractivity contribution < 1.29 is 5.11 Å². The first kappa shape index (κ1) is 11.2. The Labute approximate surface area is 98.8 Å². The molecule has 0 amide bonds. The van der Waals surface area contributed by atoms with Crippen molar-refractivity contribution >= 4 is 11.3 Å². The molecule has 3 nitrogen and oxygen atoms in total. The lowest BCUT2D eigenvalue weighted by atomic mass is 9.94. The Hall–Kier alpha value is -1.26. The zero-order valence-corrected chi connectivity index (χ0v) is 10.2. The average molecular weight is 234 g/mol. The Morgan fingerprint density at radius 1 is 1.50 bits per heavy atom. The molecule has 0 radical (unpaired) electrons. The summed E-state index contributed by atoms with van der Waals surface area (Å²) in [6.07, 6.45) is 3.92. The molecule has 0 aromatic carbocycles. The van der Waals surface area contributed by atoms with Crippen LogP contribution < -0.4 is 0 Å². The molecule has 0 bridgehead atoms. The highest BCUT2D eigenvalue weighted by molar-refractivity contribution is 7.09. The van der Waals surface area contributed by atoms with Crippen molar-refractivity contribution in [2.24, 2.45) is 0 Å². The molecule has 0 aliphatic rings. The third kappa shape index (κ3) is 2.46. The second-order valence-electron chi connectivity index (χ2n) is 4.07. The summed E-state index contributed by atoms with van der Waals surface area (Å²) in [7, 11) is 0. The number of hydrogen-bond donors (Lipinski definition) is 1. The van der Waals surface area contributed by atoms with E-state index in [2.05, 4.69) is 9.97 Å². The number of aryl methyl sites for hydroxylation is 1. The molecule has 0 saturated heterocycles. The summed E-state index contributed by atoms with van der Waals surface area (Å²) < 4.78 is 0. The van der Waals surface area contributed by atoms with Gasteiger partial charge in [0.25, 0.3) is 0 Å². The molecule has 2 rings (SSSR count). The van der Waals surface area contributed by atoms with Crippen LogP contribution in [0.15, 0.2) is 29.9 Å². The van der Waals surface area contributed by atoms with Crippen LogP contribution in [0.5, 0.6) is 0 Å². The van der Waals surface area contributed by atoms with E-state index < -0.39 is 5.60 Å². The summed E-state index contributed by atoms with van der Waals surface area (Å²) in [5.41, 5.74) is 0.920. The zero-order chi connectivity index (χ0) is 11.6. The van der Waals surface area contributed by atoms with E-state index >= 15 is 0 Å². The summed E-state index contributed by atoms with van der Waals surface area (Å²) in [6, 6.07) is 3.71. The lowest BCUT2D eigenvalue weighted by molar-refractivity contribution is 0.0572. The van der Waals surface area contributed by atoms with E-state index in [1.807, 2.05) is 24.4 Å². The van der Waals surface area contributed by atoms with E-state index in [1.165, 1.54) is 0 Å². The molecule has 1 unspecified atom stereocenters. The number of aromatic nitrogens is 2. The van der Waals surface area contributed by atoms with Gasteiger partial charge in [0, 0.05) is 35.5 Å². The highest BCUT2D eigenvalue weighted by Gasteiger charge is 2.25. The summed E-state index contributed by atoms with van der Waals surface area (Å²) in [5.74, 6) is 0. The van der Waals surface area contributed by atoms with Gasteiger partial charge in [-0.15, -0.1) is 11.3 Å². The molecule has 1 N–H and O–H groups in total. The molecule has 1 atom stereocenters. The van der Waals surface area contributed by atoms with E-state index in [1.54, 1.807) is 30.7 Å². The van der Waals surface area contributed by atoms with Crippen LogP contribution in [0.25, 0.3) is 0 Å². The van der Waals surface area contributed by atoms with Crippen LogP contribution >= 0.6 is 11.3 Å². The largest absolute Gasteiger partial charge is 0.385 e. The van der Waals surface area contributed by atoms with Gasteiger partial charge < -0.3 is 5.11 Å². The van der Waals surface area contributed by atoms with Gasteiger partial charge in [-0.25, -0.2) is 4.98 Å². The quantitative estimate of drug-likeness (QED) is 0.886. The van der Waals surface area contributed by atoms with Gasteiger partial charge in [-0.1, -0.05) is 6.07 Å². The molecule has 4 heteroatoms. The standard InChI is InChI=1S/C12H14N2OS/c1-9-8-16-11(14-9)6-12(2,15)10-4-3-5-13-7-10/h3-5,7-8,15H,6H2,1-2H3. The average Bonchev–Trinajstić information content (AvgIpc) is 2.64. The first-order valence-electron chi connectivity index (χ1n) is 5.12. The van der Waals surface area contributed by atoms with Gasteiger partial charge in [-0.05, 0) is 19.9 Å². The zero-order valence-electron chi connectivity index (χ0n) is 9.34. The van der Waals surface area contributed by atoms with Gasteiger partial charge >= 0.3 is 0 Å². The number of rotatable bonds is 3. The molecule has 0 spiro atoms. The topological polar surface area (TPSA) is 46.0 Å². The van der Waals surface area contributed by atoms with E-state index in [0.29, 0.717) is 6.42 Å². The maximum Gasteiger partial charge on any atom is 0.0960 e. The van der Waals surface area contributed by atoms with Gasteiger partial charge in [0.05, 0.1) is 10.6 Å². The fourth-order valence-corrected chi connectivity index (χ4v) is 2.48.